The van der Waals surface area contributed by atoms with Crippen molar-refractivity contribution in [1.29, 1.82) is 0 Å². The molecule has 0 bridgehead atoms. The van der Waals surface area contributed by atoms with Gasteiger partial charge >= 0.3 is 6.18 Å². The Balaban J connectivity index is 2.73. The number of nitrogens with one attached hydrogen (secondary N) is 1. The van der Waals surface area contributed by atoms with Gasteiger partial charge in [0.25, 0.3) is 0 Å². The largest absolute Gasteiger partial charge is 0.416 e. The molecule has 21 heavy (non-hydrogen) atoms. The SMILES string of the molecule is CCCNC(Cc1ccc(C(F)(F)F)cc1)C(C)OCC. The van der Waals surface area contributed by atoms with Crippen molar-refractivity contribution in [3.63, 3.8) is 0 Å². The third-order valence-corrected chi connectivity index (χ3v) is 3.39. The lowest BCUT2D eigenvalue weighted by Crippen LogP contribution is -2.42. The number of rotatable bonds is 8. The summed E-state index contributed by atoms with van der Waals surface area (Å²) in [5.74, 6) is 0. The van der Waals surface area contributed by atoms with Crippen molar-refractivity contribution in [2.75, 3.05) is 13.2 Å². The molecule has 1 N–H and O–H groups in total. The maximum absolute atomic E-state index is 12.5. The molecular weight excluding hydrogens is 279 g/mol. The van der Waals surface area contributed by atoms with Gasteiger partial charge in [0, 0.05) is 12.6 Å². The number of ether oxygens (including phenoxy) is 1. The maximum Gasteiger partial charge on any atom is 0.416 e. The first-order valence-electron chi connectivity index (χ1n) is 7.39. The van der Waals surface area contributed by atoms with Crippen molar-refractivity contribution in [2.24, 2.45) is 0 Å². The van der Waals surface area contributed by atoms with E-state index in [2.05, 4.69) is 12.2 Å². The van der Waals surface area contributed by atoms with Gasteiger partial charge in [0.1, 0.15) is 0 Å². The molecule has 1 rings (SSSR count). The Bertz CT molecular complexity index is 403. The average molecular weight is 303 g/mol. The lowest BCUT2D eigenvalue weighted by molar-refractivity contribution is -0.137. The lowest BCUT2D eigenvalue weighted by Gasteiger charge is -2.25. The monoisotopic (exact) mass is 303 g/mol. The smallest absolute Gasteiger partial charge is 0.377 e. The molecule has 5 heteroatoms. The molecule has 2 atom stereocenters. The molecular formula is C16H24F3NO. The zero-order valence-electron chi connectivity index (χ0n) is 12.8. The Morgan fingerprint density at radius 3 is 2.24 bits per heavy atom. The van der Waals surface area contributed by atoms with Crippen molar-refractivity contribution in [3.05, 3.63) is 35.4 Å². The third kappa shape index (κ3) is 6.06. The van der Waals surface area contributed by atoms with Gasteiger partial charge in [-0.25, -0.2) is 0 Å². The predicted molar refractivity (Wildman–Crippen MR) is 78.3 cm³/mol. The Morgan fingerprint density at radius 2 is 1.76 bits per heavy atom. The summed E-state index contributed by atoms with van der Waals surface area (Å²) in [6.45, 7) is 7.49. The van der Waals surface area contributed by atoms with E-state index in [4.69, 9.17) is 4.74 Å². The van der Waals surface area contributed by atoms with Crippen LogP contribution in [0.15, 0.2) is 24.3 Å². The van der Waals surface area contributed by atoms with Gasteiger partial charge in [-0.15, -0.1) is 0 Å². The standard InChI is InChI=1S/C16H24F3NO/c1-4-10-20-15(12(3)21-5-2)11-13-6-8-14(9-7-13)16(17,18)19/h6-9,12,15,20H,4-5,10-11H2,1-3H3. The molecule has 0 aliphatic carbocycles. The van der Waals surface area contributed by atoms with Crippen LogP contribution in [0.5, 0.6) is 0 Å². The molecule has 0 spiro atoms. The highest BCUT2D eigenvalue weighted by Crippen LogP contribution is 2.29. The molecule has 0 aliphatic rings. The molecule has 1 aromatic carbocycles. The van der Waals surface area contributed by atoms with Gasteiger partial charge in [0.15, 0.2) is 0 Å². The van der Waals surface area contributed by atoms with Gasteiger partial charge in [0.05, 0.1) is 11.7 Å². The van der Waals surface area contributed by atoms with Gasteiger partial charge < -0.3 is 10.1 Å². The fraction of sp³-hybridized carbons (Fsp3) is 0.625. The highest BCUT2D eigenvalue weighted by Gasteiger charge is 2.30. The molecule has 0 aliphatic heterocycles. The summed E-state index contributed by atoms with van der Waals surface area (Å²) in [4.78, 5) is 0. The predicted octanol–water partition coefficient (Wildman–Crippen LogP) is 4.04. The van der Waals surface area contributed by atoms with Gasteiger partial charge in [0.2, 0.25) is 0 Å². The number of hydrogen-bond donors (Lipinski definition) is 1. The number of halogens is 3. The molecule has 0 aromatic heterocycles. The topological polar surface area (TPSA) is 21.3 Å². The van der Waals surface area contributed by atoms with E-state index in [1.54, 1.807) is 12.1 Å². The van der Waals surface area contributed by atoms with Crippen LogP contribution in [0.3, 0.4) is 0 Å². The van der Waals surface area contributed by atoms with Crippen LogP contribution in [0, 0.1) is 0 Å². The first kappa shape index (κ1) is 18.0. The van der Waals surface area contributed by atoms with Gasteiger partial charge in [-0.3, -0.25) is 0 Å². The van der Waals surface area contributed by atoms with E-state index < -0.39 is 11.7 Å². The quantitative estimate of drug-likeness (QED) is 0.782. The molecule has 2 unspecified atom stereocenters. The first-order valence-corrected chi connectivity index (χ1v) is 7.39. The molecule has 0 saturated carbocycles. The van der Waals surface area contributed by atoms with Crippen LogP contribution in [0.1, 0.15) is 38.3 Å². The summed E-state index contributed by atoms with van der Waals surface area (Å²) >= 11 is 0. The molecule has 0 heterocycles. The Morgan fingerprint density at radius 1 is 1.14 bits per heavy atom. The number of hydrogen-bond acceptors (Lipinski definition) is 2. The van der Waals surface area contributed by atoms with Crippen LogP contribution in [0.25, 0.3) is 0 Å². The maximum atomic E-state index is 12.5. The van der Waals surface area contributed by atoms with E-state index in [9.17, 15) is 13.2 Å². The fourth-order valence-corrected chi connectivity index (χ4v) is 2.20. The van der Waals surface area contributed by atoms with Crippen molar-refractivity contribution >= 4 is 0 Å². The second-order valence-corrected chi connectivity index (χ2v) is 5.12. The van der Waals surface area contributed by atoms with Crippen molar-refractivity contribution < 1.29 is 17.9 Å². The van der Waals surface area contributed by atoms with Crippen molar-refractivity contribution in [3.8, 4) is 0 Å². The summed E-state index contributed by atoms with van der Waals surface area (Å²) in [5, 5.41) is 3.40. The molecule has 0 radical (unpaired) electrons. The number of alkyl halides is 3. The van der Waals surface area contributed by atoms with Crippen LogP contribution in [0.4, 0.5) is 13.2 Å². The average Bonchev–Trinajstić information content (AvgIpc) is 2.43. The van der Waals surface area contributed by atoms with Gasteiger partial charge in [-0.05, 0) is 50.9 Å². The van der Waals surface area contributed by atoms with E-state index in [1.807, 2.05) is 13.8 Å². The Kier molecular flexibility index (Phi) is 7.18. The fourth-order valence-electron chi connectivity index (χ4n) is 2.20. The van der Waals surface area contributed by atoms with Crippen LogP contribution >= 0.6 is 0 Å². The molecule has 0 amide bonds. The zero-order valence-corrected chi connectivity index (χ0v) is 12.8. The molecule has 1 aromatic rings. The molecule has 2 nitrogen and oxygen atoms in total. The van der Waals surface area contributed by atoms with Crippen molar-refractivity contribution in [1.82, 2.24) is 5.32 Å². The minimum atomic E-state index is -4.28. The van der Waals surface area contributed by atoms with E-state index in [-0.39, 0.29) is 12.1 Å². The highest BCUT2D eigenvalue weighted by molar-refractivity contribution is 5.25. The summed E-state index contributed by atoms with van der Waals surface area (Å²) < 4.78 is 43.2. The lowest BCUT2D eigenvalue weighted by atomic mass is 10.0. The second kappa shape index (κ2) is 8.39. The van der Waals surface area contributed by atoms with E-state index in [0.29, 0.717) is 13.0 Å². The van der Waals surface area contributed by atoms with Crippen LogP contribution in [-0.2, 0) is 17.3 Å². The normalized spacial score (nSPS) is 15.0. The second-order valence-electron chi connectivity index (χ2n) is 5.12. The van der Waals surface area contributed by atoms with Crippen LogP contribution < -0.4 is 5.32 Å². The molecule has 0 fully saturated rings. The van der Waals surface area contributed by atoms with Crippen LogP contribution in [0.2, 0.25) is 0 Å². The Labute approximate surface area is 124 Å². The molecule has 120 valence electrons. The highest BCUT2D eigenvalue weighted by atomic mass is 19.4. The summed E-state index contributed by atoms with van der Waals surface area (Å²) in [6.07, 6.45) is -2.61. The summed E-state index contributed by atoms with van der Waals surface area (Å²) in [6, 6.07) is 5.46. The summed E-state index contributed by atoms with van der Waals surface area (Å²) in [7, 11) is 0. The first-order chi connectivity index (χ1) is 9.88. The van der Waals surface area contributed by atoms with Gasteiger partial charge in [-0.1, -0.05) is 19.1 Å². The minimum Gasteiger partial charge on any atom is -0.377 e. The van der Waals surface area contributed by atoms with Gasteiger partial charge in [-0.2, -0.15) is 13.2 Å². The Hall–Kier alpha value is -1.07. The van der Waals surface area contributed by atoms with Crippen molar-refractivity contribution in [2.45, 2.75) is 51.9 Å². The van der Waals surface area contributed by atoms with E-state index in [1.165, 1.54) is 0 Å². The summed E-state index contributed by atoms with van der Waals surface area (Å²) in [5.41, 5.74) is 0.269. The van der Waals surface area contributed by atoms with E-state index in [0.717, 1.165) is 30.7 Å². The zero-order chi connectivity index (χ0) is 15.9. The van der Waals surface area contributed by atoms with E-state index >= 15 is 0 Å². The minimum absolute atomic E-state index is 0.0174. The number of benzene rings is 1. The third-order valence-electron chi connectivity index (χ3n) is 3.39. The molecule has 0 saturated heterocycles. The van der Waals surface area contributed by atoms with Crippen LogP contribution in [-0.4, -0.2) is 25.3 Å².